The largest absolute Gasteiger partial charge is 0.369 e. The van der Waals surface area contributed by atoms with Crippen LogP contribution in [-0.2, 0) is 9.59 Å². The highest BCUT2D eigenvalue weighted by Gasteiger charge is 2.25. The standard InChI is InChI=1S/C15H20BrN3O2/c1-10-4-5-13(12(16)7-10)18-14(20)9-19-6-2-3-11(8-19)15(17)21/h4-5,7,11H,2-3,6,8-9H2,1H3,(H2,17,21)(H,18,20)/t11-/m1/s1. The van der Waals surface area contributed by atoms with E-state index in [0.717, 1.165) is 35.1 Å². The van der Waals surface area contributed by atoms with E-state index in [4.69, 9.17) is 5.73 Å². The van der Waals surface area contributed by atoms with Gasteiger partial charge in [0.15, 0.2) is 0 Å². The molecule has 0 unspecified atom stereocenters. The monoisotopic (exact) mass is 353 g/mol. The van der Waals surface area contributed by atoms with Crippen LogP contribution >= 0.6 is 15.9 Å². The number of rotatable bonds is 4. The van der Waals surface area contributed by atoms with Gasteiger partial charge in [0, 0.05) is 11.0 Å². The highest BCUT2D eigenvalue weighted by Crippen LogP contribution is 2.23. The summed E-state index contributed by atoms with van der Waals surface area (Å²) in [7, 11) is 0. The van der Waals surface area contributed by atoms with Gasteiger partial charge in [-0.25, -0.2) is 0 Å². The van der Waals surface area contributed by atoms with Crippen molar-refractivity contribution in [1.82, 2.24) is 4.90 Å². The lowest BCUT2D eigenvalue weighted by molar-refractivity contribution is -0.125. The molecule has 3 N–H and O–H groups in total. The van der Waals surface area contributed by atoms with Crippen LogP contribution in [0.4, 0.5) is 5.69 Å². The van der Waals surface area contributed by atoms with Crippen LogP contribution in [0.5, 0.6) is 0 Å². The number of aryl methyl sites for hydroxylation is 1. The van der Waals surface area contributed by atoms with Gasteiger partial charge in [0.1, 0.15) is 0 Å². The second-order valence-corrected chi connectivity index (χ2v) is 6.36. The molecule has 0 bridgehead atoms. The SMILES string of the molecule is Cc1ccc(NC(=O)CN2CCC[C@@H](C(N)=O)C2)c(Br)c1. The molecule has 1 aromatic rings. The second-order valence-electron chi connectivity index (χ2n) is 5.51. The number of hydrogen-bond acceptors (Lipinski definition) is 3. The molecule has 21 heavy (non-hydrogen) atoms. The minimum Gasteiger partial charge on any atom is -0.369 e. The van der Waals surface area contributed by atoms with Crippen LogP contribution in [0.3, 0.4) is 0 Å². The Bertz CT molecular complexity index is 548. The Hall–Kier alpha value is -1.40. The predicted octanol–water partition coefficient (Wildman–Crippen LogP) is 1.89. The fourth-order valence-electron chi connectivity index (χ4n) is 2.55. The lowest BCUT2D eigenvalue weighted by Crippen LogP contribution is -2.44. The maximum absolute atomic E-state index is 12.1. The van der Waals surface area contributed by atoms with Gasteiger partial charge in [0.2, 0.25) is 11.8 Å². The van der Waals surface area contributed by atoms with Crippen LogP contribution in [0.15, 0.2) is 22.7 Å². The molecule has 6 heteroatoms. The Kier molecular flexibility index (Phi) is 5.36. The molecule has 2 rings (SSSR count). The lowest BCUT2D eigenvalue weighted by atomic mass is 9.97. The summed E-state index contributed by atoms with van der Waals surface area (Å²) in [4.78, 5) is 25.3. The summed E-state index contributed by atoms with van der Waals surface area (Å²) in [5.41, 5.74) is 7.23. The van der Waals surface area contributed by atoms with Crippen LogP contribution < -0.4 is 11.1 Å². The third-order valence-corrected chi connectivity index (χ3v) is 4.33. The number of carbonyl (C=O) groups excluding carboxylic acids is 2. The summed E-state index contributed by atoms with van der Waals surface area (Å²) >= 11 is 3.44. The number of anilines is 1. The maximum Gasteiger partial charge on any atom is 0.238 e. The first-order chi connectivity index (χ1) is 9.95. The van der Waals surface area contributed by atoms with Gasteiger partial charge >= 0.3 is 0 Å². The number of benzene rings is 1. The smallest absolute Gasteiger partial charge is 0.238 e. The number of halogens is 1. The third-order valence-electron chi connectivity index (χ3n) is 3.67. The van der Waals surface area contributed by atoms with Crippen molar-refractivity contribution in [3.05, 3.63) is 28.2 Å². The van der Waals surface area contributed by atoms with E-state index in [9.17, 15) is 9.59 Å². The Balaban J connectivity index is 1.91. The van der Waals surface area contributed by atoms with Crippen molar-refractivity contribution in [1.29, 1.82) is 0 Å². The molecule has 1 aliphatic rings. The van der Waals surface area contributed by atoms with Crippen LogP contribution in [0.2, 0.25) is 0 Å². The van der Waals surface area contributed by atoms with Crippen LogP contribution in [0.1, 0.15) is 18.4 Å². The summed E-state index contributed by atoms with van der Waals surface area (Å²) in [5.74, 6) is -0.497. The summed E-state index contributed by atoms with van der Waals surface area (Å²) in [6.45, 7) is 3.67. The molecule has 0 radical (unpaired) electrons. The first-order valence-electron chi connectivity index (χ1n) is 7.03. The van der Waals surface area contributed by atoms with Gasteiger partial charge in [-0.05, 0) is 59.9 Å². The maximum atomic E-state index is 12.1. The summed E-state index contributed by atoms with van der Waals surface area (Å²) in [5, 5.41) is 2.89. The number of primary amides is 1. The van der Waals surface area contributed by atoms with Crippen molar-refractivity contribution in [2.75, 3.05) is 25.0 Å². The van der Waals surface area contributed by atoms with E-state index in [1.165, 1.54) is 0 Å². The van der Waals surface area contributed by atoms with E-state index >= 15 is 0 Å². The number of nitrogens with two attached hydrogens (primary N) is 1. The zero-order valence-corrected chi connectivity index (χ0v) is 13.6. The molecule has 1 atom stereocenters. The van der Waals surface area contributed by atoms with Crippen molar-refractivity contribution in [3.63, 3.8) is 0 Å². The summed E-state index contributed by atoms with van der Waals surface area (Å²) in [6, 6.07) is 5.78. The van der Waals surface area contributed by atoms with Crippen molar-refractivity contribution >= 4 is 33.4 Å². The van der Waals surface area contributed by atoms with Crippen molar-refractivity contribution in [2.24, 2.45) is 11.7 Å². The van der Waals surface area contributed by atoms with E-state index in [2.05, 4.69) is 21.2 Å². The minimum absolute atomic E-state index is 0.0790. The molecule has 1 aliphatic heterocycles. The zero-order valence-electron chi connectivity index (χ0n) is 12.1. The van der Waals surface area contributed by atoms with Crippen LogP contribution in [0, 0.1) is 12.8 Å². The number of nitrogens with zero attached hydrogens (tertiary/aromatic N) is 1. The lowest BCUT2D eigenvalue weighted by Gasteiger charge is -2.30. The quantitative estimate of drug-likeness (QED) is 0.867. The molecule has 1 aromatic carbocycles. The zero-order chi connectivity index (χ0) is 15.4. The van der Waals surface area contributed by atoms with E-state index in [-0.39, 0.29) is 24.3 Å². The highest BCUT2D eigenvalue weighted by atomic mass is 79.9. The van der Waals surface area contributed by atoms with Crippen molar-refractivity contribution < 1.29 is 9.59 Å². The fourth-order valence-corrected chi connectivity index (χ4v) is 3.14. The van der Waals surface area contributed by atoms with Crippen LogP contribution in [0.25, 0.3) is 0 Å². The highest BCUT2D eigenvalue weighted by molar-refractivity contribution is 9.10. The molecule has 1 heterocycles. The Morgan fingerprint density at radius 3 is 2.90 bits per heavy atom. The van der Waals surface area contributed by atoms with Gasteiger partial charge < -0.3 is 11.1 Å². The van der Waals surface area contributed by atoms with Crippen molar-refractivity contribution in [2.45, 2.75) is 19.8 Å². The van der Waals surface area contributed by atoms with Gasteiger partial charge in [0.25, 0.3) is 0 Å². The molecule has 2 amide bonds. The average Bonchev–Trinajstić information content (AvgIpc) is 2.42. The Morgan fingerprint density at radius 1 is 1.48 bits per heavy atom. The van der Waals surface area contributed by atoms with Gasteiger partial charge in [-0.1, -0.05) is 6.07 Å². The van der Waals surface area contributed by atoms with Crippen LogP contribution in [-0.4, -0.2) is 36.3 Å². The molecule has 0 aliphatic carbocycles. The van der Waals surface area contributed by atoms with E-state index in [1.54, 1.807) is 0 Å². The first-order valence-corrected chi connectivity index (χ1v) is 7.82. The normalized spacial score (nSPS) is 19.2. The average molecular weight is 354 g/mol. The summed E-state index contributed by atoms with van der Waals surface area (Å²) in [6.07, 6.45) is 1.71. The minimum atomic E-state index is -0.276. The fraction of sp³-hybridized carbons (Fsp3) is 0.467. The third kappa shape index (κ3) is 4.54. The topological polar surface area (TPSA) is 75.4 Å². The van der Waals surface area contributed by atoms with Gasteiger partial charge in [-0.2, -0.15) is 0 Å². The molecule has 1 saturated heterocycles. The van der Waals surface area contributed by atoms with Gasteiger partial charge in [-0.3, -0.25) is 14.5 Å². The molecule has 114 valence electrons. The molecule has 0 saturated carbocycles. The van der Waals surface area contributed by atoms with E-state index in [1.807, 2.05) is 30.0 Å². The number of likely N-dealkylation sites (tertiary alicyclic amines) is 1. The first kappa shape index (κ1) is 16.0. The Labute approximate surface area is 133 Å². The number of carbonyl (C=O) groups is 2. The molecule has 1 fully saturated rings. The predicted molar refractivity (Wildman–Crippen MR) is 85.9 cm³/mol. The Morgan fingerprint density at radius 2 is 2.24 bits per heavy atom. The molecule has 0 aromatic heterocycles. The molecule has 0 spiro atoms. The number of hydrogen-bond donors (Lipinski definition) is 2. The molecule has 5 nitrogen and oxygen atoms in total. The second kappa shape index (κ2) is 7.04. The number of nitrogens with one attached hydrogen (secondary N) is 1. The van der Waals surface area contributed by atoms with E-state index in [0.29, 0.717) is 6.54 Å². The van der Waals surface area contributed by atoms with Gasteiger partial charge in [-0.15, -0.1) is 0 Å². The molecular weight excluding hydrogens is 334 g/mol. The summed E-state index contributed by atoms with van der Waals surface area (Å²) < 4.78 is 0.865. The number of piperidine rings is 1. The number of amides is 2. The molecular formula is C15H20BrN3O2. The van der Waals surface area contributed by atoms with Crippen molar-refractivity contribution in [3.8, 4) is 0 Å². The van der Waals surface area contributed by atoms with Gasteiger partial charge in [0.05, 0.1) is 18.2 Å². The van der Waals surface area contributed by atoms with E-state index < -0.39 is 0 Å².